The predicted molar refractivity (Wildman–Crippen MR) is 98.3 cm³/mol. The highest BCUT2D eigenvalue weighted by Gasteiger charge is 2.35. The minimum atomic E-state index is -1.21. The van der Waals surface area contributed by atoms with Gasteiger partial charge >= 0.3 is 5.97 Å². The number of hydrogen-bond donors (Lipinski definition) is 5. The summed E-state index contributed by atoms with van der Waals surface area (Å²) in [6.07, 6.45) is -1.85. The summed E-state index contributed by atoms with van der Waals surface area (Å²) in [4.78, 5) is 45.7. The summed E-state index contributed by atoms with van der Waals surface area (Å²) in [7, 11) is 0. The molecule has 1 rings (SSSR count). The van der Waals surface area contributed by atoms with E-state index < -0.39 is 42.0 Å². The Kier molecular flexibility index (Phi) is 10.0. The van der Waals surface area contributed by atoms with Gasteiger partial charge in [-0.05, 0) is 32.1 Å². The van der Waals surface area contributed by atoms with Gasteiger partial charge in [-0.3, -0.25) is 19.2 Å². The van der Waals surface area contributed by atoms with Crippen LogP contribution in [0.3, 0.4) is 0 Å². The molecule has 1 aliphatic carbocycles. The van der Waals surface area contributed by atoms with E-state index in [2.05, 4.69) is 0 Å². The number of nitrogens with two attached hydrogens (primary N) is 3. The normalized spacial score (nSPS) is 24.2. The minimum Gasteiger partial charge on any atom is -0.462 e. The summed E-state index contributed by atoms with van der Waals surface area (Å²) >= 11 is 0. The summed E-state index contributed by atoms with van der Waals surface area (Å²) in [5.41, 5.74) is 16.1. The van der Waals surface area contributed by atoms with Gasteiger partial charge in [0.2, 0.25) is 11.8 Å². The van der Waals surface area contributed by atoms with Crippen LogP contribution in [0.2, 0.25) is 0 Å². The van der Waals surface area contributed by atoms with Crippen LogP contribution in [0.1, 0.15) is 57.8 Å². The lowest BCUT2D eigenvalue weighted by atomic mass is 9.83. The summed E-state index contributed by atoms with van der Waals surface area (Å²) in [5.74, 6) is -2.61. The van der Waals surface area contributed by atoms with Crippen molar-refractivity contribution >= 4 is 23.6 Å². The molecule has 0 aromatic rings. The van der Waals surface area contributed by atoms with Crippen molar-refractivity contribution in [3.8, 4) is 0 Å². The fourth-order valence-corrected chi connectivity index (χ4v) is 3.19. The molecule has 0 saturated heterocycles. The molecule has 0 heterocycles. The first-order valence-electron chi connectivity index (χ1n) is 9.50. The summed E-state index contributed by atoms with van der Waals surface area (Å²) < 4.78 is 5.31. The minimum absolute atomic E-state index is 0.00141. The number of amides is 2. The Hall–Kier alpha value is -2.04. The summed E-state index contributed by atoms with van der Waals surface area (Å²) in [6, 6.07) is -0.157. The number of primary amides is 2. The van der Waals surface area contributed by atoms with Crippen LogP contribution in [-0.2, 0) is 23.9 Å². The second-order valence-corrected chi connectivity index (χ2v) is 7.33. The SMILES string of the molecule is NC(=O)CCC(=O)CCC(O)C(O)CCC(=O)OC1CCC(N)CC1C(N)=O. The molecule has 0 aromatic heterocycles. The second kappa shape index (κ2) is 11.7. The van der Waals surface area contributed by atoms with Crippen LogP contribution in [0.25, 0.3) is 0 Å². The third-order valence-corrected chi connectivity index (χ3v) is 4.93. The highest BCUT2D eigenvalue weighted by atomic mass is 16.5. The van der Waals surface area contributed by atoms with E-state index in [1.54, 1.807) is 0 Å². The van der Waals surface area contributed by atoms with Gasteiger partial charge in [0.25, 0.3) is 0 Å². The molecule has 0 aliphatic heterocycles. The van der Waals surface area contributed by atoms with E-state index in [1.165, 1.54) is 0 Å². The third-order valence-electron chi connectivity index (χ3n) is 4.93. The van der Waals surface area contributed by atoms with Crippen molar-refractivity contribution in [3.63, 3.8) is 0 Å². The third kappa shape index (κ3) is 8.77. The number of Topliss-reactive ketones (excluding diaryl/α,β-unsaturated/α-hetero) is 1. The van der Waals surface area contributed by atoms with Crippen LogP contribution in [0.5, 0.6) is 0 Å². The molecular formula is C18H31N3O7. The van der Waals surface area contributed by atoms with Gasteiger partial charge in [-0.2, -0.15) is 0 Å². The van der Waals surface area contributed by atoms with Gasteiger partial charge in [-0.15, -0.1) is 0 Å². The van der Waals surface area contributed by atoms with E-state index in [0.717, 1.165) is 0 Å². The van der Waals surface area contributed by atoms with E-state index in [9.17, 15) is 29.4 Å². The second-order valence-electron chi connectivity index (χ2n) is 7.33. The molecule has 1 saturated carbocycles. The molecule has 10 heteroatoms. The van der Waals surface area contributed by atoms with Gasteiger partial charge < -0.3 is 32.2 Å². The Bertz CT molecular complexity index is 569. The molecule has 28 heavy (non-hydrogen) atoms. The molecule has 8 N–H and O–H groups in total. The van der Waals surface area contributed by atoms with Crippen LogP contribution in [0.15, 0.2) is 0 Å². The van der Waals surface area contributed by atoms with Crippen LogP contribution in [-0.4, -0.2) is 58.1 Å². The number of carbonyl (C=O) groups excluding carboxylic acids is 4. The lowest BCUT2D eigenvalue weighted by Crippen LogP contribution is -2.44. The molecule has 1 fully saturated rings. The van der Waals surface area contributed by atoms with E-state index >= 15 is 0 Å². The molecule has 0 radical (unpaired) electrons. The van der Waals surface area contributed by atoms with Crippen LogP contribution in [0.4, 0.5) is 0 Å². The molecular weight excluding hydrogens is 370 g/mol. The zero-order valence-electron chi connectivity index (χ0n) is 15.9. The Balaban J connectivity index is 2.33. The van der Waals surface area contributed by atoms with Crippen LogP contribution >= 0.6 is 0 Å². The first kappa shape index (κ1) is 24.0. The quantitative estimate of drug-likeness (QED) is 0.247. The highest BCUT2D eigenvalue weighted by Crippen LogP contribution is 2.26. The van der Waals surface area contributed by atoms with Gasteiger partial charge in [0.05, 0.1) is 18.1 Å². The molecule has 0 aromatic carbocycles. The Morgan fingerprint density at radius 2 is 1.54 bits per heavy atom. The Morgan fingerprint density at radius 3 is 2.11 bits per heavy atom. The van der Waals surface area contributed by atoms with E-state index in [-0.39, 0.29) is 50.4 Å². The van der Waals surface area contributed by atoms with E-state index in [4.69, 9.17) is 21.9 Å². The number of ether oxygens (including phenoxy) is 1. The van der Waals surface area contributed by atoms with Gasteiger partial charge in [-0.25, -0.2) is 0 Å². The van der Waals surface area contributed by atoms with Crippen molar-refractivity contribution in [1.29, 1.82) is 0 Å². The first-order chi connectivity index (χ1) is 13.1. The van der Waals surface area contributed by atoms with Crippen molar-refractivity contribution < 1.29 is 34.1 Å². The number of carbonyl (C=O) groups is 4. The number of esters is 1. The smallest absolute Gasteiger partial charge is 0.306 e. The topological polar surface area (TPSA) is 196 Å². The number of hydrogen-bond acceptors (Lipinski definition) is 8. The monoisotopic (exact) mass is 401 g/mol. The van der Waals surface area contributed by atoms with Gasteiger partial charge in [-0.1, -0.05) is 0 Å². The molecule has 2 amide bonds. The standard InChI is InChI=1S/C18H31N3O7/c19-10-1-6-15(12(9-10)18(21)27)28-17(26)8-5-14(24)13(23)4-2-11(22)3-7-16(20)25/h10,12-15,23-24H,1-9,19H2,(H2,20,25)(H2,21,27). The lowest BCUT2D eigenvalue weighted by Gasteiger charge is -2.32. The largest absolute Gasteiger partial charge is 0.462 e. The maximum Gasteiger partial charge on any atom is 0.306 e. The Morgan fingerprint density at radius 1 is 0.929 bits per heavy atom. The zero-order valence-corrected chi connectivity index (χ0v) is 15.9. The van der Waals surface area contributed by atoms with Crippen molar-refractivity contribution in [3.05, 3.63) is 0 Å². The molecule has 0 bridgehead atoms. The van der Waals surface area contributed by atoms with Crippen molar-refractivity contribution in [2.24, 2.45) is 23.1 Å². The first-order valence-corrected chi connectivity index (χ1v) is 9.50. The molecule has 0 spiro atoms. The molecule has 5 unspecified atom stereocenters. The van der Waals surface area contributed by atoms with E-state index in [1.807, 2.05) is 0 Å². The maximum absolute atomic E-state index is 12.0. The number of aliphatic hydroxyl groups is 2. The van der Waals surface area contributed by atoms with Crippen molar-refractivity contribution in [2.75, 3.05) is 0 Å². The fourth-order valence-electron chi connectivity index (χ4n) is 3.19. The maximum atomic E-state index is 12.0. The van der Waals surface area contributed by atoms with Crippen LogP contribution in [0, 0.1) is 5.92 Å². The Labute approximate surface area is 163 Å². The average molecular weight is 401 g/mol. The van der Waals surface area contributed by atoms with Gasteiger partial charge in [0.15, 0.2) is 0 Å². The fraction of sp³-hybridized carbons (Fsp3) is 0.778. The number of aliphatic hydroxyl groups excluding tert-OH is 2. The predicted octanol–water partition coefficient (Wildman–Crippen LogP) is -1.37. The molecule has 5 atom stereocenters. The van der Waals surface area contributed by atoms with Crippen LogP contribution < -0.4 is 17.2 Å². The van der Waals surface area contributed by atoms with E-state index in [0.29, 0.717) is 19.3 Å². The summed E-state index contributed by atoms with van der Waals surface area (Å²) in [5, 5.41) is 19.8. The average Bonchev–Trinajstić information content (AvgIpc) is 2.63. The summed E-state index contributed by atoms with van der Waals surface area (Å²) in [6.45, 7) is 0. The van der Waals surface area contributed by atoms with Gasteiger partial charge in [0, 0.05) is 31.7 Å². The zero-order chi connectivity index (χ0) is 21.3. The molecule has 1 aliphatic rings. The number of ketones is 1. The molecule has 160 valence electrons. The highest BCUT2D eigenvalue weighted by molar-refractivity contribution is 5.84. The number of rotatable bonds is 12. The van der Waals surface area contributed by atoms with Crippen molar-refractivity contribution in [2.45, 2.75) is 82.1 Å². The van der Waals surface area contributed by atoms with Gasteiger partial charge in [0.1, 0.15) is 11.9 Å². The van der Waals surface area contributed by atoms with Crippen molar-refractivity contribution in [1.82, 2.24) is 0 Å². The lowest BCUT2D eigenvalue weighted by molar-refractivity contribution is -0.156. The molecule has 10 nitrogen and oxygen atoms in total.